The van der Waals surface area contributed by atoms with E-state index in [-0.39, 0.29) is 48.4 Å². The van der Waals surface area contributed by atoms with Gasteiger partial charge in [-0.2, -0.15) is 0 Å². The minimum absolute atomic E-state index is 0.00196. The van der Waals surface area contributed by atoms with Crippen LogP contribution in [0.5, 0.6) is 5.75 Å². The van der Waals surface area contributed by atoms with Gasteiger partial charge in [-0.05, 0) is 56.6 Å². The molecular weight excluding hydrogens is 422 g/mol. The molecule has 0 unspecified atom stereocenters. The minimum Gasteiger partial charge on any atom is -0.480 e. The minimum atomic E-state index is -0.726. The fourth-order valence-electron chi connectivity index (χ4n) is 5.76. The van der Waals surface area contributed by atoms with E-state index in [1.54, 1.807) is 4.90 Å². The summed E-state index contributed by atoms with van der Waals surface area (Å²) in [5.41, 5.74) is -0.509. The van der Waals surface area contributed by atoms with Crippen molar-refractivity contribution < 1.29 is 32.6 Å². The molecule has 1 spiro atoms. The van der Waals surface area contributed by atoms with Crippen molar-refractivity contribution in [2.45, 2.75) is 62.1 Å². The normalized spacial score (nSPS) is 33.3. The van der Waals surface area contributed by atoms with Crippen molar-refractivity contribution in [1.29, 1.82) is 0 Å². The molecule has 1 aromatic carbocycles. The quantitative estimate of drug-likeness (QED) is 0.656. The summed E-state index contributed by atoms with van der Waals surface area (Å²) in [6, 6.07) is 1.74. The van der Waals surface area contributed by atoms with Crippen LogP contribution in [0.1, 0.15) is 50.0 Å². The first-order chi connectivity index (χ1) is 15.5. The predicted octanol–water partition coefficient (Wildman–Crippen LogP) is 2.28. The van der Waals surface area contributed by atoms with Crippen molar-refractivity contribution in [3.05, 3.63) is 29.3 Å². The summed E-state index contributed by atoms with van der Waals surface area (Å²) in [7, 11) is 0. The lowest BCUT2D eigenvalue weighted by Gasteiger charge is -2.51. The number of halogens is 2. The highest BCUT2D eigenvalue weighted by atomic mass is 19.1. The zero-order valence-corrected chi connectivity index (χ0v) is 17.9. The van der Waals surface area contributed by atoms with Crippen LogP contribution in [0.15, 0.2) is 12.1 Å². The number of carbonyl (C=O) groups excluding carboxylic acids is 2. The van der Waals surface area contributed by atoms with Gasteiger partial charge in [0.15, 0.2) is 18.2 Å². The van der Waals surface area contributed by atoms with Crippen LogP contribution >= 0.6 is 0 Å². The molecule has 1 aliphatic carbocycles. The summed E-state index contributed by atoms with van der Waals surface area (Å²) in [5, 5.41) is 3.06. The number of fused-ring (bicyclic) bond motifs is 5. The van der Waals surface area contributed by atoms with Crippen molar-refractivity contribution >= 4 is 11.8 Å². The summed E-state index contributed by atoms with van der Waals surface area (Å²) in [6.07, 6.45) is 4.02. The van der Waals surface area contributed by atoms with Gasteiger partial charge in [-0.1, -0.05) is 0 Å². The summed E-state index contributed by atoms with van der Waals surface area (Å²) in [4.78, 5) is 27.0. The van der Waals surface area contributed by atoms with Crippen LogP contribution in [-0.4, -0.2) is 67.4 Å². The first kappa shape index (κ1) is 21.6. The topological polar surface area (TPSA) is 77.1 Å². The Bertz CT molecular complexity index is 901. The predicted molar refractivity (Wildman–Crippen MR) is 109 cm³/mol. The van der Waals surface area contributed by atoms with Gasteiger partial charge in [0, 0.05) is 12.1 Å². The van der Waals surface area contributed by atoms with E-state index in [9.17, 15) is 18.4 Å². The Balaban J connectivity index is 1.49. The maximum Gasteiger partial charge on any atom is 0.260 e. The molecule has 5 aliphatic rings. The molecule has 0 aromatic heterocycles. The van der Waals surface area contributed by atoms with Gasteiger partial charge in [0.05, 0.1) is 30.9 Å². The molecule has 174 valence electrons. The number of amides is 2. The van der Waals surface area contributed by atoms with E-state index in [0.29, 0.717) is 51.7 Å². The molecule has 1 saturated carbocycles. The Kier molecular flexibility index (Phi) is 5.79. The number of nitrogens with one attached hydrogen (secondary N) is 1. The number of morpholine rings is 1. The number of nitrogens with zero attached hydrogens (tertiary/aromatic N) is 1. The number of benzene rings is 1. The second kappa shape index (κ2) is 8.59. The highest BCUT2D eigenvalue weighted by molar-refractivity contribution is 5.81. The van der Waals surface area contributed by atoms with E-state index in [1.807, 2.05) is 0 Å². The summed E-state index contributed by atoms with van der Waals surface area (Å²) in [6.45, 7) is 0.621. The Morgan fingerprint density at radius 2 is 1.84 bits per heavy atom. The van der Waals surface area contributed by atoms with E-state index in [2.05, 4.69) is 5.32 Å². The number of hydrogen-bond donors (Lipinski definition) is 1. The lowest BCUT2D eigenvalue weighted by Crippen LogP contribution is -2.72. The molecule has 3 fully saturated rings. The number of piperidine rings is 1. The second-order valence-corrected chi connectivity index (χ2v) is 9.27. The lowest BCUT2D eigenvalue weighted by molar-refractivity contribution is -0.156. The van der Waals surface area contributed by atoms with Crippen LogP contribution in [0.4, 0.5) is 8.78 Å². The van der Waals surface area contributed by atoms with Gasteiger partial charge in [-0.25, -0.2) is 8.78 Å². The fraction of sp³-hybridized carbons (Fsp3) is 0.652. The summed E-state index contributed by atoms with van der Waals surface area (Å²) in [5.74, 6) is -2.08. The third-order valence-electron chi connectivity index (χ3n) is 7.34. The van der Waals surface area contributed by atoms with Crippen molar-refractivity contribution in [3.63, 3.8) is 0 Å². The molecule has 2 bridgehead atoms. The third kappa shape index (κ3) is 3.85. The van der Waals surface area contributed by atoms with Gasteiger partial charge < -0.3 is 24.4 Å². The molecule has 2 saturated heterocycles. The van der Waals surface area contributed by atoms with E-state index >= 15 is 0 Å². The maximum absolute atomic E-state index is 14.7. The van der Waals surface area contributed by atoms with Crippen LogP contribution in [0, 0.1) is 11.6 Å². The zero-order valence-electron chi connectivity index (χ0n) is 17.9. The highest BCUT2D eigenvalue weighted by Gasteiger charge is 2.50. The molecular formula is C23H28F2N2O5. The maximum atomic E-state index is 14.7. The van der Waals surface area contributed by atoms with Gasteiger partial charge in [0.2, 0.25) is 5.91 Å². The van der Waals surface area contributed by atoms with Crippen molar-refractivity contribution in [2.75, 3.05) is 33.0 Å². The molecule has 1 aromatic rings. The standard InChI is InChI=1S/C23H28F2N2O5/c24-16-6-7-17(25)22-21(16)14-2-4-15(5-3-14)31-10-18-23(13-30-11-19(28)26-23)8-1-9-27(18)20(29)12-32-22/h6-7,14-15,18H,1-5,8-13H2,(H,26,28)/t14?,15?,18-,23+/m1/s1. The van der Waals surface area contributed by atoms with E-state index < -0.39 is 29.8 Å². The van der Waals surface area contributed by atoms with Gasteiger partial charge in [-0.3, -0.25) is 9.59 Å². The van der Waals surface area contributed by atoms with Gasteiger partial charge >= 0.3 is 0 Å². The van der Waals surface area contributed by atoms with Crippen LogP contribution in [0.2, 0.25) is 0 Å². The van der Waals surface area contributed by atoms with Crippen LogP contribution in [-0.2, 0) is 19.1 Å². The Morgan fingerprint density at radius 1 is 1.06 bits per heavy atom. The molecule has 9 heteroatoms. The average molecular weight is 450 g/mol. The second-order valence-electron chi connectivity index (χ2n) is 9.27. The molecule has 2 atom stereocenters. The zero-order chi connectivity index (χ0) is 22.3. The van der Waals surface area contributed by atoms with E-state index in [4.69, 9.17) is 14.2 Å². The number of rotatable bonds is 0. The molecule has 2 amide bonds. The Hall–Kier alpha value is -2.26. The molecule has 4 aliphatic heterocycles. The molecule has 0 radical (unpaired) electrons. The van der Waals surface area contributed by atoms with E-state index in [0.717, 1.165) is 12.1 Å². The van der Waals surface area contributed by atoms with E-state index in [1.165, 1.54) is 0 Å². The van der Waals surface area contributed by atoms with Crippen LogP contribution < -0.4 is 10.1 Å². The lowest BCUT2D eigenvalue weighted by atomic mass is 9.80. The molecule has 1 N–H and O–H groups in total. The molecule has 32 heavy (non-hydrogen) atoms. The van der Waals surface area contributed by atoms with Crippen molar-refractivity contribution in [2.24, 2.45) is 0 Å². The monoisotopic (exact) mass is 450 g/mol. The van der Waals surface area contributed by atoms with Gasteiger partial charge in [0.1, 0.15) is 12.4 Å². The SMILES string of the molecule is O=C1COC[C@]2(CCCN3C(=O)COc4c(F)ccc(F)c4C4CCC(CC4)OC[C@@H]32)N1. The average Bonchev–Trinajstić information content (AvgIpc) is 2.80. The van der Waals surface area contributed by atoms with Crippen molar-refractivity contribution in [3.8, 4) is 5.75 Å². The first-order valence-electron chi connectivity index (χ1n) is 11.4. The van der Waals surface area contributed by atoms with Gasteiger partial charge in [0.25, 0.3) is 5.91 Å². The van der Waals surface area contributed by atoms with Gasteiger partial charge in [-0.15, -0.1) is 0 Å². The molecule has 6 rings (SSSR count). The third-order valence-corrected chi connectivity index (χ3v) is 7.34. The Morgan fingerprint density at radius 3 is 2.62 bits per heavy atom. The largest absolute Gasteiger partial charge is 0.480 e. The fourth-order valence-corrected chi connectivity index (χ4v) is 5.76. The van der Waals surface area contributed by atoms with Crippen LogP contribution in [0.25, 0.3) is 0 Å². The number of ether oxygens (including phenoxy) is 3. The Labute approximate surface area is 185 Å². The van der Waals surface area contributed by atoms with Crippen molar-refractivity contribution in [1.82, 2.24) is 10.2 Å². The first-order valence-corrected chi connectivity index (χ1v) is 11.4. The van der Waals surface area contributed by atoms with Crippen LogP contribution in [0.3, 0.4) is 0 Å². The summed E-state index contributed by atoms with van der Waals surface area (Å²) < 4.78 is 46.9. The molecule has 4 heterocycles. The molecule has 7 nitrogen and oxygen atoms in total. The highest BCUT2D eigenvalue weighted by Crippen LogP contribution is 2.42. The number of carbonyl (C=O) groups is 2. The number of hydrogen-bond acceptors (Lipinski definition) is 5. The smallest absolute Gasteiger partial charge is 0.260 e. The summed E-state index contributed by atoms with van der Waals surface area (Å²) >= 11 is 0.